The van der Waals surface area contributed by atoms with Gasteiger partial charge < -0.3 is 15.5 Å². The summed E-state index contributed by atoms with van der Waals surface area (Å²) in [4.78, 5) is 15.7. The third-order valence-corrected chi connectivity index (χ3v) is 7.24. The molecule has 6 heteroatoms. The molecular weight excluding hydrogens is 400 g/mol. The number of nitrogen functional groups attached to an aromatic ring is 1. The molecule has 6 nitrogen and oxygen atoms in total. The van der Waals surface area contributed by atoms with Gasteiger partial charge in [-0.2, -0.15) is 0 Å². The van der Waals surface area contributed by atoms with Crippen LogP contribution in [0.2, 0.25) is 0 Å². The second kappa shape index (κ2) is 9.49. The van der Waals surface area contributed by atoms with Gasteiger partial charge in [-0.3, -0.25) is 15.1 Å². The van der Waals surface area contributed by atoms with Crippen molar-refractivity contribution in [2.75, 3.05) is 5.32 Å². The predicted octanol–water partition coefficient (Wildman–Crippen LogP) is 5.34. The number of likely N-dealkylation sites (tertiary alicyclic amines) is 1. The van der Waals surface area contributed by atoms with Gasteiger partial charge >= 0.3 is 0 Å². The maximum Gasteiger partial charge on any atom is 0.235 e. The third kappa shape index (κ3) is 4.33. The molecule has 4 unspecified atom stereocenters. The molecule has 32 heavy (non-hydrogen) atoms. The predicted molar refractivity (Wildman–Crippen MR) is 128 cm³/mol. The number of anilines is 1. The van der Waals surface area contributed by atoms with E-state index in [9.17, 15) is 4.79 Å². The van der Waals surface area contributed by atoms with Crippen molar-refractivity contribution >= 4 is 17.4 Å². The molecule has 4 N–H and O–H groups in total. The van der Waals surface area contributed by atoms with Crippen molar-refractivity contribution in [1.29, 1.82) is 5.41 Å². The minimum Gasteiger partial charge on any atom is -0.457 e. The van der Waals surface area contributed by atoms with Crippen LogP contribution >= 0.6 is 0 Å². The van der Waals surface area contributed by atoms with Crippen molar-refractivity contribution in [3.05, 3.63) is 53.0 Å². The Morgan fingerprint density at radius 3 is 2.66 bits per heavy atom. The largest absolute Gasteiger partial charge is 0.457 e. The van der Waals surface area contributed by atoms with E-state index in [0.29, 0.717) is 36.1 Å². The fourth-order valence-electron chi connectivity index (χ4n) is 5.61. The lowest BCUT2D eigenvalue weighted by atomic mass is 9.83. The monoisotopic (exact) mass is 436 g/mol. The van der Waals surface area contributed by atoms with E-state index in [1.165, 1.54) is 43.2 Å². The van der Waals surface area contributed by atoms with Crippen LogP contribution in [0.1, 0.15) is 93.9 Å². The van der Waals surface area contributed by atoms with Crippen molar-refractivity contribution in [1.82, 2.24) is 4.90 Å². The van der Waals surface area contributed by atoms with Gasteiger partial charge in [-0.05, 0) is 68.9 Å². The average molecular weight is 437 g/mol. The number of fused-ring (bicyclic) bond motifs is 1. The van der Waals surface area contributed by atoms with Crippen molar-refractivity contribution < 1.29 is 9.21 Å². The number of nitrogens with one attached hydrogen (secondary N) is 2. The molecular formula is C26H36N4O2. The molecule has 3 heterocycles. The Labute approximate surface area is 191 Å². The van der Waals surface area contributed by atoms with Crippen molar-refractivity contribution in [2.45, 2.75) is 89.8 Å². The highest BCUT2D eigenvalue weighted by atomic mass is 16.3. The zero-order valence-electron chi connectivity index (χ0n) is 19.5. The first kappa shape index (κ1) is 22.6. The molecule has 1 amide bonds. The molecule has 1 aromatic heterocycles. The van der Waals surface area contributed by atoms with E-state index < -0.39 is 5.92 Å². The molecule has 1 aromatic carbocycles. The van der Waals surface area contributed by atoms with Gasteiger partial charge in [-0.25, -0.2) is 0 Å². The van der Waals surface area contributed by atoms with Crippen LogP contribution in [0.4, 0.5) is 5.69 Å². The number of amidine groups is 1. The van der Waals surface area contributed by atoms with E-state index in [2.05, 4.69) is 43.1 Å². The zero-order valence-corrected chi connectivity index (χ0v) is 19.5. The van der Waals surface area contributed by atoms with Gasteiger partial charge in [-0.1, -0.05) is 38.3 Å². The lowest BCUT2D eigenvalue weighted by molar-refractivity contribution is -0.118. The van der Waals surface area contributed by atoms with Gasteiger partial charge in [-0.15, -0.1) is 0 Å². The van der Waals surface area contributed by atoms with Crippen molar-refractivity contribution in [3.8, 4) is 0 Å². The van der Waals surface area contributed by atoms with Crippen molar-refractivity contribution in [2.24, 2.45) is 5.73 Å². The van der Waals surface area contributed by atoms with Crippen LogP contribution in [0.5, 0.6) is 0 Å². The molecule has 0 radical (unpaired) electrons. The molecule has 0 aliphatic carbocycles. The highest BCUT2D eigenvalue weighted by Crippen LogP contribution is 2.42. The number of rotatable bonds is 7. The first-order valence-corrected chi connectivity index (χ1v) is 12.0. The summed E-state index contributed by atoms with van der Waals surface area (Å²) in [5, 5.41) is 10.7. The molecule has 0 spiro atoms. The van der Waals surface area contributed by atoms with Gasteiger partial charge in [0, 0.05) is 23.8 Å². The number of furan rings is 1. The zero-order chi connectivity index (χ0) is 22.8. The Kier molecular flexibility index (Phi) is 6.70. The number of benzene rings is 1. The Bertz CT molecular complexity index is 972. The number of carbonyl (C=O) groups excluding carboxylic acids is 1. The molecule has 0 bridgehead atoms. The Morgan fingerprint density at radius 2 is 2.00 bits per heavy atom. The second-order valence-corrected chi connectivity index (χ2v) is 9.47. The molecule has 2 aliphatic heterocycles. The molecule has 1 saturated heterocycles. The number of hydrogen-bond acceptors (Lipinski definition) is 4. The van der Waals surface area contributed by atoms with E-state index in [1.807, 2.05) is 6.07 Å². The molecule has 172 valence electrons. The topological polar surface area (TPSA) is 95.4 Å². The quantitative estimate of drug-likeness (QED) is 0.403. The van der Waals surface area contributed by atoms with Crippen LogP contribution in [-0.2, 0) is 11.2 Å². The average Bonchev–Trinajstić information content (AvgIpc) is 3.25. The molecule has 2 aliphatic rings. The smallest absolute Gasteiger partial charge is 0.235 e. The lowest BCUT2D eigenvalue weighted by Crippen LogP contribution is -2.46. The summed E-state index contributed by atoms with van der Waals surface area (Å²) in [7, 11) is 0. The molecule has 0 saturated carbocycles. The summed E-state index contributed by atoms with van der Waals surface area (Å²) in [5.74, 6) is 0.270. The SMILES string of the molecule is CCCCC(c1cccc2c1CC(c1ccc(C(=N)N)o1)C(=O)N2)N1C(C)CCCC1C. The van der Waals surface area contributed by atoms with E-state index in [0.717, 1.165) is 12.1 Å². The Morgan fingerprint density at radius 1 is 1.25 bits per heavy atom. The summed E-state index contributed by atoms with van der Waals surface area (Å²) < 4.78 is 5.76. The minimum absolute atomic E-state index is 0.0658. The standard InChI is InChI=1S/C26H36N4O2/c1-4-5-12-22(30-16(2)8-6-9-17(30)3)18-10-7-11-21-19(18)15-20(26(31)29-21)23-13-14-24(32-23)25(27)28/h7,10-11,13-14,16-17,20,22H,4-6,8-9,12,15H2,1-3H3,(H3,27,28)(H,29,31). The molecule has 4 rings (SSSR count). The number of hydrogen-bond donors (Lipinski definition) is 3. The van der Waals surface area contributed by atoms with Crippen LogP contribution in [0.3, 0.4) is 0 Å². The summed E-state index contributed by atoms with van der Waals surface area (Å²) in [6.45, 7) is 6.97. The van der Waals surface area contributed by atoms with Gasteiger partial charge in [0.05, 0.1) is 0 Å². The van der Waals surface area contributed by atoms with Crippen molar-refractivity contribution in [3.63, 3.8) is 0 Å². The summed E-state index contributed by atoms with van der Waals surface area (Å²) in [6.07, 6.45) is 7.84. The summed E-state index contributed by atoms with van der Waals surface area (Å²) >= 11 is 0. The van der Waals surface area contributed by atoms with Gasteiger partial charge in [0.1, 0.15) is 11.7 Å². The first-order chi connectivity index (χ1) is 15.4. The van der Waals surface area contributed by atoms with Crippen LogP contribution in [-0.4, -0.2) is 28.7 Å². The lowest BCUT2D eigenvalue weighted by Gasteiger charge is -2.45. The van der Waals surface area contributed by atoms with Gasteiger partial charge in [0.15, 0.2) is 11.6 Å². The van der Waals surface area contributed by atoms with E-state index in [1.54, 1.807) is 12.1 Å². The van der Waals surface area contributed by atoms with Crippen LogP contribution < -0.4 is 11.1 Å². The number of nitrogens with zero attached hydrogens (tertiary/aromatic N) is 1. The number of unbranched alkanes of at least 4 members (excludes halogenated alkanes) is 1. The molecule has 2 aromatic rings. The first-order valence-electron chi connectivity index (χ1n) is 12.0. The second-order valence-electron chi connectivity index (χ2n) is 9.47. The van der Waals surface area contributed by atoms with E-state index in [4.69, 9.17) is 15.6 Å². The highest BCUT2D eigenvalue weighted by molar-refractivity contribution is 5.99. The molecule has 4 atom stereocenters. The number of amides is 1. The maximum atomic E-state index is 12.9. The fourth-order valence-corrected chi connectivity index (χ4v) is 5.61. The number of nitrogens with two attached hydrogens (primary N) is 1. The normalized spacial score (nSPS) is 24.6. The summed E-state index contributed by atoms with van der Waals surface area (Å²) in [6, 6.07) is 11.2. The minimum atomic E-state index is -0.417. The third-order valence-electron chi connectivity index (χ3n) is 7.24. The summed E-state index contributed by atoms with van der Waals surface area (Å²) in [5.41, 5.74) is 9.03. The highest BCUT2D eigenvalue weighted by Gasteiger charge is 2.36. The number of piperidine rings is 1. The van der Waals surface area contributed by atoms with Crippen LogP contribution in [0, 0.1) is 5.41 Å². The fraction of sp³-hybridized carbons (Fsp3) is 0.538. The number of carbonyl (C=O) groups is 1. The van der Waals surface area contributed by atoms with Gasteiger partial charge in [0.25, 0.3) is 0 Å². The van der Waals surface area contributed by atoms with Crippen LogP contribution in [0.25, 0.3) is 0 Å². The van der Waals surface area contributed by atoms with Gasteiger partial charge in [0.2, 0.25) is 5.91 Å². The Balaban J connectivity index is 1.72. The Hall–Kier alpha value is -2.60. The van der Waals surface area contributed by atoms with E-state index in [-0.39, 0.29) is 11.7 Å². The van der Waals surface area contributed by atoms with E-state index >= 15 is 0 Å². The van der Waals surface area contributed by atoms with Crippen LogP contribution in [0.15, 0.2) is 34.7 Å². The maximum absolute atomic E-state index is 12.9. The molecule has 1 fully saturated rings.